The van der Waals surface area contributed by atoms with E-state index in [1.54, 1.807) is 24.8 Å². The van der Waals surface area contributed by atoms with Crippen molar-refractivity contribution >= 4 is 5.91 Å². The molecule has 0 aliphatic heterocycles. The fourth-order valence-electron chi connectivity index (χ4n) is 2.59. The smallest absolute Gasteiger partial charge is 0.253 e. The fourth-order valence-corrected chi connectivity index (χ4v) is 2.59. The Kier molecular flexibility index (Phi) is 5.01. The number of nitrogens with one attached hydrogen (secondary N) is 1. The first-order chi connectivity index (χ1) is 11.8. The summed E-state index contributed by atoms with van der Waals surface area (Å²) in [7, 11) is 0. The van der Waals surface area contributed by atoms with Gasteiger partial charge < -0.3 is 9.88 Å². The van der Waals surface area contributed by atoms with E-state index < -0.39 is 0 Å². The lowest BCUT2D eigenvalue weighted by molar-refractivity contribution is 0.0766. The predicted octanol–water partition coefficient (Wildman–Crippen LogP) is 3.18. The van der Waals surface area contributed by atoms with Crippen LogP contribution in [0.15, 0.2) is 61.2 Å². The Morgan fingerprint density at radius 3 is 2.46 bits per heavy atom. The van der Waals surface area contributed by atoms with Gasteiger partial charge in [-0.15, -0.1) is 0 Å². The van der Waals surface area contributed by atoms with Crippen LogP contribution in [0.4, 0.5) is 0 Å². The highest BCUT2D eigenvalue weighted by Gasteiger charge is 2.14. The Balaban J connectivity index is 1.67. The lowest BCUT2D eigenvalue weighted by Crippen LogP contribution is -2.32. The Labute approximate surface area is 141 Å². The van der Waals surface area contributed by atoms with E-state index in [0.717, 1.165) is 17.8 Å². The second kappa shape index (κ2) is 7.55. The zero-order valence-electron chi connectivity index (χ0n) is 13.6. The van der Waals surface area contributed by atoms with Crippen molar-refractivity contribution in [2.24, 2.45) is 0 Å². The summed E-state index contributed by atoms with van der Waals surface area (Å²) >= 11 is 0. The van der Waals surface area contributed by atoms with E-state index in [-0.39, 0.29) is 5.91 Å². The van der Waals surface area contributed by atoms with Gasteiger partial charge in [0.1, 0.15) is 5.82 Å². The molecule has 0 spiro atoms. The predicted molar refractivity (Wildman–Crippen MR) is 93.5 cm³/mol. The maximum Gasteiger partial charge on any atom is 0.253 e. The van der Waals surface area contributed by atoms with Crippen LogP contribution in [-0.4, -0.2) is 38.8 Å². The van der Waals surface area contributed by atoms with Crippen LogP contribution in [-0.2, 0) is 6.42 Å². The molecule has 1 amide bonds. The van der Waals surface area contributed by atoms with Crippen molar-refractivity contribution in [3.63, 3.8) is 0 Å². The average molecular weight is 320 g/mol. The minimum absolute atomic E-state index is 0.0533. The summed E-state index contributed by atoms with van der Waals surface area (Å²) in [6, 6.07) is 11.5. The first-order valence-electron chi connectivity index (χ1n) is 8.06. The largest absolute Gasteiger partial charge is 0.345 e. The van der Waals surface area contributed by atoms with Crippen molar-refractivity contribution in [3.8, 4) is 11.4 Å². The number of aromatic amines is 1. The average Bonchev–Trinajstić information content (AvgIpc) is 3.18. The number of amides is 1. The SMILES string of the molecule is CCN(CCc1ccncc1)C(=O)c1ccc(-c2ncc[nH]2)cc1. The molecule has 0 saturated heterocycles. The number of carbonyl (C=O) groups is 1. The molecule has 5 nitrogen and oxygen atoms in total. The monoisotopic (exact) mass is 320 g/mol. The summed E-state index contributed by atoms with van der Waals surface area (Å²) in [6.07, 6.45) is 7.88. The second-order valence-corrected chi connectivity index (χ2v) is 5.51. The van der Waals surface area contributed by atoms with Crippen LogP contribution in [0.5, 0.6) is 0 Å². The first-order valence-corrected chi connectivity index (χ1v) is 8.06. The molecule has 1 N–H and O–H groups in total. The third-order valence-corrected chi connectivity index (χ3v) is 3.99. The molecule has 0 saturated carbocycles. The summed E-state index contributed by atoms with van der Waals surface area (Å²) in [5.74, 6) is 0.858. The highest BCUT2D eigenvalue weighted by Crippen LogP contribution is 2.16. The van der Waals surface area contributed by atoms with Gasteiger partial charge in [-0.1, -0.05) is 12.1 Å². The van der Waals surface area contributed by atoms with E-state index in [2.05, 4.69) is 15.0 Å². The summed E-state index contributed by atoms with van der Waals surface area (Å²) in [6.45, 7) is 3.38. The number of pyridine rings is 1. The van der Waals surface area contributed by atoms with Gasteiger partial charge in [-0.2, -0.15) is 0 Å². The number of imidazole rings is 1. The van der Waals surface area contributed by atoms with Crippen LogP contribution < -0.4 is 0 Å². The number of nitrogens with zero attached hydrogens (tertiary/aromatic N) is 3. The quantitative estimate of drug-likeness (QED) is 0.759. The van der Waals surface area contributed by atoms with Gasteiger partial charge in [0.25, 0.3) is 5.91 Å². The minimum Gasteiger partial charge on any atom is -0.345 e. The Bertz CT molecular complexity index is 767. The number of aromatic nitrogens is 3. The molecule has 0 aliphatic rings. The third-order valence-electron chi connectivity index (χ3n) is 3.99. The molecular formula is C19H20N4O. The van der Waals surface area contributed by atoms with Gasteiger partial charge in [-0.25, -0.2) is 4.98 Å². The molecule has 2 aromatic heterocycles. The maximum absolute atomic E-state index is 12.7. The molecule has 0 fully saturated rings. The first kappa shape index (κ1) is 15.9. The van der Waals surface area contributed by atoms with Crippen molar-refractivity contribution < 1.29 is 4.79 Å². The van der Waals surface area contributed by atoms with E-state index in [1.807, 2.05) is 48.2 Å². The van der Waals surface area contributed by atoms with Gasteiger partial charge in [0.2, 0.25) is 0 Å². The molecule has 0 atom stereocenters. The zero-order valence-corrected chi connectivity index (χ0v) is 13.6. The molecule has 1 aromatic carbocycles. The molecule has 24 heavy (non-hydrogen) atoms. The molecule has 3 aromatic rings. The zero-order chi connectivity index (χ0) is 16.8. The highest BCUT2D eigenvalue weighted by molar-refractivity contribution is 5.94. The standard InChI is InChI=1S/C19H20N4O/c1-2-23(14-9-15-7-10-20-11-8-15)19(24)17-5-3-16(4-6-17)18-21-12-13-22-18/h3-8,10-13H,2,9,14H2,1H3,(H,21,22). The molecule has 3 rings (SSSR count). The van der Waals surface area contributed by atoms with Crippen LogP contribution in [0.25, 0.3) is 11.4 Å². The number of carbonyl (C=O) groups excluding carboxylic acids is 1. The van der Waals surface area contributed by atoms with Gasteiger partial charge >= 0.3 is 0 Å². The lowest BCUT2D eigenvalue weighted by Gasteiger charge is -2.21. The van der Waals surface area contributed by atoms with Crippen LogP contribution in [0.3, 0.4) is 0 Å². The third kappa shape index (κ3) is 3.68. The molecule has 5 heteroatoms. The van der Waals surface area contributed by atoms with Crippen molar-refractivity contribution in [2.45, 2.75) is 13.3 Å². The van der Waals surface area contributed by atoms with E-state index in [4.69, 9.17) is 0 Å². The Morgan fingerprint density at radius 1 is 1.08 bits per heavy atom. The molecular weight excluding hydrogens is 300 g/mol. The van der Waals surface area contributed by atoms with Gasteiger partial charge in [0.15, 0.2) is 0 Å². The van der Waals surface area contributed by atoms with Crippen LogP contribution >= 0.6 is 0 Å². The van der Waals surface area contributed by atoms with Gasteiger partial charge in [-0.05, 0) is 43.2 Å². The second-order valence-electron chi connectivity index (χ2n) is 5.51. The van der Waals surface area contributed by atoms with E-state index in [9.17, 15) is 4.79 Å². The number of H-pyrrole nitrogens is 1. The van der Waals surface area contributed by atoms with Crippen molar-refractivity contribution in [3.05, 3.63) is 72.3 Å². The molecule has 2 heterocycles. The van der Waals surface area contributed by atoms with Crippen molar-refractivity contribution in [2.75, 3.05) is 13.1 Å². The van der Waals surface area contributed by atoms with E-state index in [1.165, 1.54) is 5.56 Å². The topological polar surface area (TPSA) is 61.9 Å². The van der Waals surface area contributed by atoms with Crippen LogP contribution in [0.2, 0.25) is 0 Å². The fraction of sp³-hybridized carbons (Fsp3) is 0.211. The van der Waals surface area contributed by atoms with Gasteiger partial charge in [-0.3, -0.25) is 9.78 Å². The summed E-state index contributed by atoms with van der Waals surface area (Å²) in [5, 5.41) is 0. The number of hydrogen-bond donors (Lipinski definition) is 1. The highest BCUT2D eigenvalue weighted by atomic mass is 16.2. The van der Waals surface area contributed by atoms with E-state index >= 15 is 0 Å². The van der Waals surface area contributed by atoms with Crippen molar-refractivity contribution in [1.82, 2.24) is 19.9 Å². The van der Waals surface area contributed by atoms with Gasteiger partial charge in [0, 0.05) is 49.0 Å². The maximum atomic E-state index is 12.7. The number of hydrogen-bond acceptors (Lipinski definition) is 3. The van der Waals surface area contributed by atoms with Gasteiger partial charge in [0.05, 0.1) is 0 Å². The lowest BCUT2D eigenvalue weighted by atomic mass is 10.1. The number of likely N-dealkylation sites (N-methyl/N-ethyl adjacent to an activating group) is 1. The number of rotatable bonds is 6. The molecule has 122 valence electrons. The van der Waals surface area contributed by atoms with Crippen molar-refractivity contribution in [1.29, 1.82) is 0 Å². The molecule has 0 bridgehead atoms. The summed E-state index contributed by atoms with van der Waals surface area (Å²) in [5.41, 5.74) is 2.85. The van der Waals surface area contributed by atoms with Crippen LogP contribution in [0, 0.1) is 0 Å². The summed E-state index contributed by atoms with van der Waals surface area (Å²) < 4.78 is 0. The van der Waals surface area contributed by atoms with Crippen LogP contribution in [0.1, 0.15) is 22.8 Å². The minimum atomic E-state index is 0.0533. The summed E-state index contributed by atoms with van der Waals surface area (Å²) in [4.78, 5) is 25.8. The normalized spacial score (nSPS) is 10.5. The Morgan fingerprint density at radius 2 is 1.83 bits per heavy atom. The Hall–Kier alpha value is -2.95. The number of benzene rings is 1. The molecule has 0 radical (unpaired) electrons. The molecule has 0 unspecified atom stereocenters. The molecule has 0 aliphatic carbocycles. The van der Waals surface area contributed by atoms with E-state index in [0.29, 0.717) is 18.7 Å².